The van der Waals surface area contributed by atoms with Crippen LogP contribution in [0.4, 0.5) is 4.39 Å². The summed E-state index contributed by atoms with van der Waals surface area (Å²) in [4.78, 5) is 2.42. The maximum Gasteiger partial charge on any atom is 0.174 e. The van der Waals surface area contributed by atoms with Crippen LogP contribution in [-0.4, -0.2) is 36.3 Å². The molecule has 24 heavy (non-hydrogen) atoms. The third-order valence-electron chi connectivity index (χ3n) is 4.43. The number of benzene rings is 2. The molecular formula is C19H19FN2O2. The molecule has 1 saturated heterocycles. The first kappa shape index (κ1) is 15.1. The Balaban J connectivity index is 1.44. The van der Waals surface area contributed by atoms with E-state index < -0.39 is 0 Å². The average Bonchev–Trinajstić information content (AvgIpc) is 3.25. The Kier molecular flexibility index (Phi) is 4.17. The summed E-state index contributed by atoms with van der Waals surface area (Å²) >= 11 is 0. The first-order chi connectivity index (χ1) is 11.8. The standard InChI is InChI=1S/C19H19FN2O2/c20-15-5-8-17-18(13-15)21-24-19(17)14-3-6-16(7-4-14)23-12-11-22-9-1-2-10-22/h3-8,13H,1-2,9-12H2. The number of likely N-dealkylation sites (tertiary alicyclic amines) is 1. The summed E-state index contributed by atoms with van der Waals surface area (Å²) in [6.07, 6.45) is 2.59. The van der Waals surface area contributed by atoms with Gasteiger partial charge in [0, 0.05) is 23.6 Å². The molecule has 0 spiro atoms. The van der Waals surface area contributed by atoms with Crippen LogP contribution in [-0.2, 0) is 0 Å². The molecule has 1 aliphatic rings. The van der Waals surface area contributed by atoms with E-state index in [4.69, 9.17) is 9.26 Å². The number of aromatic nitrogens is 1. The lowest BCUT2D eigenvalue weighted by molar-refractivity contribution is 0.238. The van der Waals surface area contributed by atoms with E-state index in [1.807, 2.05) is 24.3 Å². The summed E-state index contributed by atoms with van der Waals surface area (Å²) in [5.74, 6) is 1.17. The summed E-state index contributed by atoms with van der Waals surface area (Å²) in [5, 5.41) is 4.72. The van der Waals surface area contributed by atoms with Gasteiger partial charge in [-0.25, -0.2) is 4.39 Å². The Bertz CT molecular complexity index is 823. The van der Waals surface area contributed by atoms with Crippen molar-refractivity contribution in [2.24, 2.45) is 0 Å². The van der Waals surface area contributed by atoms with E-state index in [0.717, 1.165) is 23.2 Å². The summed E-state index contributed by atoms with van der Waals surface area (Å²) in [6.45, 7) is 4.03. The first-order valence-corrected chi connectivity index (χ1v) is 8.30. The quantitative estimate of drug-likeness (QED) is 0.707. The minimum atomic E-state index is -0.316. The molecule has 0 aliphatic carbocycles. The average molecular weight is 326 g/mol. The molecule has 1 aromatic heterocycles. The minimum Gasteiger partial charge on any atom is -0.492 e. The van der Waals surface area contributed by atoms with Gasteiger partial charge >= 0.3 is 0 Å². The van der Waals surface area contributed by atoms with E-state index in [9.17, 15) is 4.39 Å². The first-order valence-electron chi connectivity index (χ1n) is 8.30. The molecule has 0 bridgehead atoms. The molecule has 0 N–H and O–H groups in total. The smallest absolute Gasteiger partial charge is 0.174 e. The van der Waals surface area contributed by atoms with Crippen LogP contribution in [0, 0.1) is 5.82 Å². The highest BCUT2D eigenvalue weighted by Crippen LogP contribution is 2.30. The largest absolute Gasteiger partial charge is 0.492 e. The lowest BCUT2D eigenvalue weighted by Crippen LogP contribution is -2.25. The van der Waals surface area contributed by atoms with Crippen molar-refractivity contribution < 1.29 is 13.7 Å². The number of ether oxygens (including phenoxy) is 1. The Morgan fingerprint density at radius 1 is 1.08 bits per heavy atom. The SMILES string of the molecule is Fc1ccc2c(-c3ccc(OCCN4CCCC4)cc3)onc2c1. The molecule has 0 unspecified atom stereocenters. The molecule has 3 aromatic rings. The summed E-state index contributed by atoms with van der Waals surface area (Å²) in [5.41, 5.74) is 1.42. The van der Waals surface area contributed by atoms with Gasteiger partial charge in [-0.1, -0.05) is 5.16 Å². The molecular weight excluding hydrogens is 307 g/mol. The second-order valence-electron chi connectivity index (χ2n) is 6.09. The summed E-state index contributed by atoms with van der Waals surface area (Å²) in [7, 11) is 0. The van der Waals surface area contributed by atoms with Gasteiger partial charge in [-0.2, -0.15) is 0 Å². The van der Waals surface area contributed by atoms with Crippen LogP contribution in [0.1, 0.15) is 12.8 Å². The van der Waals surface area contributed by atoms with Crippen molar-refractivity contribution in [3.63, 3.8) is 0 Å². The number of halogens is 1. The molecule has 1 fully saturated rings. The van der Waals surface area contributed by atoms with Gasteiger partial charge in [-0.3, -0.25) is 4.90 Å². The monoisotopic (exact) mass is 326 g/mol. The van der Waals surface area contributed by atoms with Gasteiger partial charge < -0.3 is 9.26 Å². The number of fused-ring (bicyclic) bond motifs is 1. The second kappa shape index (κ2) is 6.61. The van der Waals surface area contributed by atoms with Crippen molar-refractivity contribution in [3.05, 3.63) is 48.3 Å². The van der Waals surface area contributed by atoms with E-state index in [1.165, 1.54) is 38.1 Å². The fraction of sp³-hybridized carbons (Fsp3) is 0.316. The normalized spacial score (nSPS) is 15.2. The van der Waals surface area contributed by atoms with Crippen molar-refractivity contribution in [1.29, 1.82) is 0 Å². The Labute approximate surface area is 139 Å². The molecule has 5 heteroatoms. The van der Waals surface area contributed by atoms with Crippen molar-refractivity contribution in [2.45, 2.75) is 12.8 Å². The molecule has 0 saturated carbocycles. The fourth-order valence-electron chi connectivity index (χ4n) is 3.13. The lowest BCUT2D eigenvalue weighted by Gasteiger charge is -2.14. The van der Waals surface area contributed by atoms with Crippen LogP contribution in [0.25, 0.3) is 22.2 Å². The molecule has 4 rings (SSSR count). The molecule has 0 atom stereocenters. The van der Waals surface area contributed by atoms with Crippen LogP contribution in [0.5, 0.6) is 5.75 Å². The van der Waals surface area contributed by atoms with Gasteiger partial charge in [0.05, 0.1) is 0 Å². The molecule has 2 aromatic carbocycles. The number of hydrogen-bond acceptors (Lipinski definition) is 4. The van der Waals surface area contributed by atoms with E-state index in [-0.39, 0.29) is 5.82 Å². The van der Waals surface area contributed by atoms with Crippen LogP contribution >= 0.6 is 0 Å². The summed E-state index contributed by atoms with van der Waals surface area (Å²) < 4.78 is 24.4. The molecule has 0 amide bonds. The van der Waals surface area contributed by atoms with E-state index in [0.29, 0.717) is 17.9 Å². The zero-order valence-electron chi connectivity index (χ0n) is 13.4. The van der Waals surface area contributed by atoms with Crippen LogP contribution < -0.4 is 4.74 Å². The molecule has 124 valence electrons. The molecule has 1 aliphatic heterocycles. The van der Waals surface area contributed by atoms with Crippen molar-refractivity contribution in [2.75, 3.05) is 26.2 Å². The molecule has 4 nitrogen and oxygen atoms in total. The van der Waals surface area contributed by atoms with E-state index in [2.05, 4.69) is 10.1 Å². The van der Waals surface area contributed by atoms with Crippen molar-refractivity contribution in [1.82, 2.24) is 10.1 Å². The van der Waals surface area contributed by atoms with Crippen molar-refractivity contribution >= 4 is 10.9 Å². The van der Waals surface area contributed by atoms with Gasteiger partial charge in [-0.05, 0) is 62.3 Å². The Hall–Kier alpha value is -2.40. The number of rotatable bonds is 5. The fourth-order valence-corrected chi connectivity index (χ4v) is 3.13. The van der Waals surface area contributed by atoms with Gasteiger partial charge in [0.2, 0.25) is 0 Å². The lowest BCUT2D eigenvalue weighted by atomic mass is 10.1. The summed E-state index contributed by atoms with van der Waals surface area (Å²) in [6, 6.07) is 12.2. The maximum absolute atomic E-state index is 13.2. The van der Waals surface area contributed by atoms with Crippen LogP contribution in [0.15, 0.2) is 47.0 Å². The third kappa shape index (κ3) is 3.12. The number of hydrogen-bond donors (Lipinski definition) is 0. The van der Waals surface area contributed by atoms with Crippen LogP contribution in [0.3, 0.4) is 0 Å². The highest BCUT2D eigenvalue weighted by molar-refractivity contribution is 5.91. The topological polar surface area (TPSA) is 38.5 Å². The van der Waals surface area contributed by atoms with Crippen LogP contribution in [0.2, 0.25) is 0 Å². The third-order valence-corrected chi connectivity index (χ3v) is 4.43. The maximum atomic E-state index is 13.2. The Morgan fingerprint density at radius 3 is 2.67 bits per heavy atom. The zero-order chi connectivity index (χ0) is 16.4. The van der Waals surface area contributed by atoms with Gasteiger partial charge in [-0.15, -0.1) is 0 Å². The van der Waals surface area contributed by atoms with Gasteiger partial charge in [0.1, 0.15) is 23.7 Å². The number of nitrogens with zero attached hydrogens (tertiary/aromatic N) is 2. The van der Waals surface area contributed by atoms with Gasteiger partial charge in [0.25, 0.3) is 0 Å². The van der Waals surface area contributed by atoms with Gasteiger partial charge in [0.15, 0.2) is 5.76 Å². The predicted octanol–water partition coefficient (Wildman–Crippen LogP) is 4.11. The Morgan fingerprint density at radius 2 is 1.88 bits per heavy atom. The predicted molar refractivity (Wildman–Crippen MR) is 90.6 cm³/mol. The highest BCUT2D eigenvalue weighted by Gasteiger charge is 2.12. The minimum absolute atomic E-state index is 0.316. The molecule has 0 radical (unpaired) electrons. The molecule has 2 heterocycles. The van der Waals surface area contributed by atoms with Crippen molar-refractivity contribution in [3.8, 4) is 17.1 Å². The highest BCUT2D eigenvalue weighted by atomic mass is 19.1. The van der Waals surface area contributed by atoms with E-state index >= 15 is 0 Å². The zero-order valence-corrected chi connectivity index (χ0v) is 13.4. The van der Waals surface area contributed by atoms with E-state index in [1.54, 1.807) is 6.07 Å². The second-order valence-corrected chi connectivity index (χ2v) is 6.09.